The van der Waals surface area contributed by atoms with Crippen molar-refractivity contribution in [3.63, 3.8) is 0 Å². The Kier molecular flexibility index (Phi) is 8.44. The van der Waals surface area contributed by atoms with E-state index in [9.17, 15) is 14.4 Å². The van der Waals surface area contributed by atoms with Crippen LogP contribution in [0.15, 0.2) is 29.8 Å². The zero-order valence-electron chi connectivity index (χ0n) is 22.5. The number of carbonyl (C=O) groups excluding carboxylic acids is 3. The molecule has 1 aliphatic heterocycles. The van der Waals surface area contributed by atoms with Crippen LogP contribution in [0.5, 0.6) is 0 Å². The molecule has 36 heavy (non-hydrogen) atoms. The summed E-state index contributed by atoms with van der Waals surface area (Å²) < 4.78 is 5.36. The maximum atomic E-state index is 13.6. The average molecular weight is 518 g/mol. The summed E-state index contributed by atoms with van der Waals surface area (Å²) in [6, 6.07) is 6.88. The maximum absolute atomic E-state index is 13.6. The van der Waals surface area contributed by atoms with Crippen molar-refractivity contribution in [2.45, 2.75) is 73.0 Å². The van der Waals surface area contributed by atoms with Crippen LogP contribution in [0, 0.1) is 17.3 Å². The molecule has 0 bridgehead atoms. The molecule has 3 rings (SSSR count). The van der Waals surface area contributed by atoms with Crippen molar-refractivity contribution in [3.05, 3.63) is 40.4 Å². The molecule has 0 radical (unpaired) electrons. The third-order valence-electron chi connectivity index (χ3n) is 6.97. The number of ether oxygens (including phenoxy) is 1. The van der Waals surface area contributed by atoms with Crippen molar-refractivity contribution < 1.29 is 19.1 Å². The first-order chi connectivity index (χ1) is 16.8. The Morgan fingerprint density at radius 2 is 1.83 bits per heavy atom. The van der Waals surface area contributed by atoms with E-state index >= 15 is 0 Å². The number of allylic oxidation sites excluding steroid dienone is 1. The van der Waals surface area contributed by atoms with Crippen LogP contribution in [0.2, 0.25) is 5.02 Å². The number of hydrogen-bond acceptors (Lipinski definition) is 4. The van der Waals surface area contributed by atoms with E-state index in [1.165, 1.54) is 16.7 Å². The van der Waals surface area contributed by atoms with Gasteiger partial charge in [0.2, 0.25) is 5.91 Å². The number of benzene rings is 1. The second kappa shape index (κ2) is 10.8. The number of nitrogens with zero attached hydrogens (tertiary/aromatic N) is 1. The molecule has 0 aromatic heterocycles. The van der Waals surface area contributed by atoms with Gasteiger partial charge in [0.15, 0.2) is 0 Å². The van der Waals surface area contributed by atoms with Crippen LogP contribution < -0.4 is 10.6 Å². The summed E-state index contributed by atoms with van der Waals surface area (Å²) in [5, 5.41) is 6.33. The Hall–Kier alpha value is -2.54. The largest absolute Gasteiger partial charge is 0.458 e. The van der Waals surface area contributed by atoms with Crippen molar-refractivity contribution in [2.24, 2.45) is 17.3 Å². The van der Waals surface area contributed by atoms with Gasteiger partial charge >= 0.3 is 12.0 Å². The molecule has 2 unspecified atom stereocenters. The number of urea groups is 1. The SMILES string of the molecule is CCC(=O)OC(C)(C)CNC(=O)NC(C(=O)N1CCC2=C(c3ccc(Cl)cc3)C2C(C)(C)C1)C(C)C. The van der Waals surface area contributed by atoms with Crippen molar-refractivity contribution in [1.29, 1.82) is 0 Å². The zero-order chi connectivity index (χ0) is 26.8. The van der Waals surface area contributed by atoms with Crippen molar-refractivity contribution >= 4 is 35.1 Å². The smallest absolute Gasteiger partial charge is 0.315 e. The van der Waals surface area contributed by atoms with E-state index < -0.39 is 17.7 Å². The van der Waals surface area contributed by atoms with Crippen LogP contribution >= 0.6 is 11.6 Å². The van der Waals surface area contributed by atoms with Crippen LogP contribution in [-0.4, -0.2) is 54.1 Å². The van der Waals surface area contributed by atoms with Crippen LogP contribution in [0.1, 0.15) is 66.9 Å². The number of esters is 1. The van der Waals surface area contributed by atoms with Gasteiger partial charge in [-0.2, -0.15) is 0 Å². The summed E-state index contributed by atoms with van der Waals surface area (Å²) >= 11 is 6.07. The normalized spacial score (nSPS) is 19.8. The van der Waals surface area contributed by atoms with Gasteiger partial charge in [-0.05, 0) is 54.9 Å². The first kappa shape index (κ1) is 28.0. The van der Waals surface area contributed by atoms with Gasteiger partial charge in [-0.3, -0.25) is 9.59 Å². The molecule has 2 N–H and O–H groups in total. The molecule has 1 aromatic rings. The molecule has 2 atom stereocenters. The number of rotatable bonds is 8. The van der Waals surface area contributed by atoms with E-state index in [1.54, 1.807) is 20.8 Å². The maximum Gasteiger partial charge on any atom is 0.315 e. The molecule has 8 heteroatoms. The Morgan fingerprint density at radius 1 is 1.19 bits per heavy atom. The van der Waals surface area contributed by atoms with E-state index in [-0.39, 0.29) is 36.2 Å². The summed E-state index contributed by atoms with van der Waals surface area (Å²) in [4.78, 5) is 39.8. The molecular weight excluding hydrogens is 478 g/mol. The third kappa shape index (κ3) is 6.61. The second-order valence-electron chi connectivity index (χ2n) is 11.5. The van der Waals surface area contributed by atoms with Crippen molar-refractivity contribution in [1.82, 2.24) is 15.5 Å². The van der Waals surface area contributed by atoms with Gasteiger partial charge in [-0.25, -0.2) is 4.79 Å². The van der Waals surface area contributed by atoms with E-state index in [0.29, 0.717) is 19.0 Å². The van der Waals surface area contributed by atoms with Gasteiger partial charge < -0.3 is 20.3 Å². The molecule has 0 spiro atoms. The number of likely N-dealkylation sites (tertiary alicyclic amines) is 1. The highest BCUT2D eigenvalue weighted by atomic mass is 35.5. The highest BCUT2D eigenvalue weighted by Gasteiger charge is 2.50. The lowest BCUT2D eigenvalue weighted by Crippen LogP contribution is -2.56. The Morgan fingerprint density at radius 3 is 2.42 bits per heavy atom. The number of carbonyl (C=O) groups is 3. The molecule has 0 saturated carbocycles. The lowest BCUT2D eigenvalue weighted by atomic mass is 9.82. The molecule has 7 nitrogen and oxygen atoms in total. The van der Waals surface area contributed by atoms with Crippen LogP contribution in [-0.2, 0) is 14.3 Å². The molecule has 1 fully saturated rings. The summed E-state index contributed by atoms with van der Waals surface area (Å²) in [7, 11) is 0. The topological polar surface area (TPSA) is 87.7 Å². The van der Waals surface area contributed by atoms with Crippen LogP contribution in [0.3, 0.4) is 0 Å². The average Bonchev–Trinajstić information content (AvgIpc) is 3.55. The molecule has 198 valence electrons. The predicted molar refractivity (Wildman–Crippen MR) is 142 cm³/mol. The fourth-order valence-electron chi connectivity index (χ4n) is 5.11. The number of halogens is 1. The molecule has 1 aliphatic carbocycles. The first-order valence-electron chi connectivity index (χ1n) is 12.8. The Labute approximate surface area is 220 Å². The van der Waals surface area contributed by atoms with E-state index in [2.05, 4.69) is 36.6 Å². The number of fused-ring (bicyclic) bond motifs is 1. The Balaban J connectivity index is 1.64. The van der Waals surface area contributed by atoms with Gasteiger partial charge in [0.05, 0.1) is 6.54 Å². The lowest BCUT2D eigenvalue weighted by molar-refractivity contribution is -0.155. The monoisotopic (exact) mass is 517 g/mol. The van der Waals surface area contributed by atoms with E-state index in [0.717, 1.165) is 11.4 Å². The quantitative estimate of drug-likeness (QED) is 0.473. The Bertz CT molecular complexity index is 1030. The molecule has 1 heterocycles. The highest BCUT2D eigenvalue weighted by Crippen LogP contribution is 2.59. The standard InChI is InChI=1S/C28H40ClN3O4/c1-8-21(33)36-28(6,7)15-30-26(35)31-24(17(2)3)25(34)32-14-13-20-22(23(20)27(4,5)16-32)18-9-11-19(29)12-10-18/h9-12,17,23-24H,8,13-16H2,1-7H3,(H2,30,31,35). The predicted octanol–water partition coefficient (Wildman–Crippen LogP) is 5.04. The van der Waals surface area contributed by atoms with Gasteiger partial charge in [-0.15, -0.1) is 0 Å². The van der Waals surface area contributed by atoms with Crippen molar-refractivity contribution in [2.75, 3.05) is 19.6 Å². The molecule has 3 amide bonds. The molecular formula is C28H40ClN3O4. The summed E-state index contributed by atoms with van der Waals surface area (Å²) in [6.07, 6.45) is 1.09. The van der Waals surface area contributed by atoms with Crippen molar-refractivity contribution in [3.8, 4) is 0 Å². The third-order valence-corrected chi connectivity index (χ3v) is 7.22. The summed E-state index contributed by atoms with van der Waals surface area (Å²) in [5.74, 6) is -0.134. The first-order valence-corrected chi connectivity index (χ1v) is 13.2. The fourth-order valence-corrected chi connectivity index (χ4v) is 5.23. The minimum absolute atomic E-state index is 0.0696. The second-order valence-corrected chi connectivity index (χ2v) is 11.9. The number of amides is 3. The summed E-state index contributed by atoms with van der Waals surface area (Å²) in [6.45, 7) is 14.8. The molecule has 1 aromatic carbocycles. The lowest BCUT2D eigenvalue weighted by Gasteiger charge is -2.35. The molecule has 2 aliphatic rings. The highest BCUT2D eigenvalue weighted by molar-refractivity contribution is 6.30. The van der Waals surface area contributed by atoms with Gasteiger partial charge in [-0.1, -0.05) is 63.9 Å². The zero-order valence-corrected chi connectivity index (χ0v) is 23.3. The molecule has 1 saturated heterocycles. The minimum atomic E-state index is -0.840. The minimum Gasteiger partial charge on any atom is -0.458 e. The van der Waals surface area contributed by atoms with E-state index in [4.69, 9.17) is 16.3 Å². The number of hydrogen-bond donors (Lipinski definition) is 2. The number of nitrogens with one attached hydrogen (secondary N) is 2. The van der Waals surface area contributed by atoms with Gasteiger partial charge in [0.25, 0.3) is 0 Å². The van der Waals surface area contributed by atoms with Crippen LogP contribution in [0.4, 0.5) is 4.79 Å². The van der Waals surface area contributed by atoms with Gasteiger partial charge in [0.1, 0.15) is 11.6 Å². The van der Waals surface area contributed by atoms with Gasteiger partial charge in [0, 0.05) is 30.5 Å². The van der Waals surface area contributed by atoms with Crippen LogP contribution in [0.25, 0.3) is 5.57 Å². The summed E-state index contributed by atoms with van der Waals surface area (Å²) in [5.41, 5.74) is 3.04. The fraction of sp³-hybridized carbons (Fsp3) is 0.607. The van der Waals surface area contributed by atoms with E-state index in [1.807, 2.05) is 30.9 Å².